The van der Waals surface area contributed by atoms with Gasteiger partial charge in [-0.25, -0.2) is 4.98 Å². The Morgan fingerprint density at radius 3 is 2.41 bits per heavy atom. The van der Waals surface area contributed by atoms with Crippen LogP contribution in [0, 0.1) is 0 Å². The second-order valence-corrected chi connectivity index (χ2v) is 8.40. The fourth-order valence-electron chi connectivity index (χ4n) is 3.71. The van der Waals surface area contributed by atoms with Gasteiger partial charge in [-0.05, 0) is 18.6 Å². The highest BCUT2D eigenvalue weighted by Crippen LogP contribution is 2.27. The minimum atomic E-state index is -0.164. The third-order valence-corrected chi connectivity index (χ3v) is 6.31. The maximum absolute atomic E-state index is 12.7. The number of aryl methyl sites for hydroxylation is 1. The van der Waals surface area contributed by atoms with Crippen molar-refractivity contribution in [3.8, 4) is 11.3 Å². The third-order valence-electron chi connectivity index (χ3n) is 5.49. The molecule has 0 unspecified atom stereocenters. The van der Waals surface area contributed by atoms with Crippen LogP contribution in [0.1, 0.15) is 29.1 Å². The Balaban J connectivity index is 1.23. The van der Waals surface area contributed by atoms with Crippen molar-refractivity contribution in [3.05, 3.63) is 76.2 Å². The SMILES string of the molecule is O=C(CCCc1ncc(-c2ccccc2)o1)N1CCN(C(=O)c2cccc(Cl)c2Cl)CC1. The molecule has 1 aliphatic heterocycles. The summed E-state index contributed by atoms with van der Waals surface area (Å²) in [4.78, 5) is 33.2. The Morgan fingerprint density at radius 1 is 0.938 bits per heavy atom. The van der Waals surface area contributed by atoms with E-state index in [0.29, 0.717) is 61.9 Å². The summed E-state index contributed by atoms with van der Waals surface area (Å²) in [6, 6.07) is 14.8. The van der Waals surface area contributed by atoms with E-state index < -0.39 is 0 Å². The predicted molar refractivity (Wildman–Crippen MR) is 124 cm³/mol. The van der Waals surface area contributed by atoms with Gasteiger partial charge in [0.05, 0.1) is 21.8 Å². The average molecular weight is 472 g/mol. The summed E-state index contributed by atoms with van der Waals surface area (Å²) >= 11 is 12.2. The monoisotopic (exact) mass is 471 g/mol. The van der Waals surface area contributed by atoms with E-state index in [9.17, 15) is 9.59 Å². The number of hydrogen-bond donors (Lipinski definition) is 0. The van der Waals surface area contributed by atoms with Gasteiger partial charge in [0.25, 0.3) is 5.91 Å². The van der Waals surface area contributed by atoms with Gasteiger partial charge in [0.1, 0.15) is 0 Å². The number of rotatable bonds is 6. The highest BCUT2D eigenvalue weighted by Gasteiger charge is 2.26. The quantitative estimate of drug-likeness (QED) is 0.509. The fraction of sp³-hybridized carbons (Fsp3) is 0.292. The first-order valence-electron chi connectivity index (χ1n) is 10.5. The van der Waals surface area contributed by atoms with Gasteiger partial charge in [0.2, 0.25) is 5.91 Å². The molecule has 1 saturated heterocycles. The van der Waals surface area contributed by atoms with Crippen LogP contribution in [0.5, 0.6) is 0 Å². The molecule has 2 aromatic carbocycles. The summed E-state index contributed by atoms with van der Waals surface area (Å²) in [5, 5.41) is 0.618. The van der Waals surface area contributed by atoms with Crippen LogP contribution in [0.25, 0.3) is 11.3 Å². The third kappa shape index (κ3) is 5.14. The summed E-state index contributed by atoms with van der Waals surface area (Å²) in [7, 11) is 0. The molecule has 1 fully saturated rings. The molecule has 6 nitrogen and oxygen atoms in total. The van der Waals surface area contributed by atoms with Gasteiger partial charge in [-0.3, -0.25) is 9.59 Å². The molecule has 1 aromatic heterocycles. The van der Waals surface area contributed by atoms with E-state index in [0.717, 1.165) is 11.3 Å². The maximum atomic E-state index is 12.7. The molecule has 2 amide bonds. The molecule has 0 spiro atoms. The van der Waals surface area contributed by atoms with Crippen LogP contribution in [0.3, 0.4) is 0 Å². The molecule has 0 saturated carbocycles. The van der Waals surface area contributed by atoms with Crippen molar-refractivity contribution in [3.63, 3.8) is 0 Å². The number of carbonyl (C=O) groups excluding carboxylic acids is 2. The molecular formula is C24H23Cl2N3O3. The molecule has 3 aromatic rings. The van der Waals surface area contributed by atoms with E-state index in [4.69, 9.17) is 27.6 Å². The lowest BCUT2D eigenvalue weighted by atomic mass is 10.1. The van der Waals surface area contributed by atoms with Crippen LogP contribution in [0.4, 0.5) is 0 Å². The van der Waals surface area contributed by atoms with Gasteiger partial charge >= 0.3 is 0 Å². The lowest BCUT2D eigenvalue weighted by Crippen LogP contribution is -2.50. The first kappa shape index (κ1) is 22.4. The molecule has 4 rings (SSSR count). The lowest BCUT2D eigenvalue weighted by molar-refractivity contribution is -0.132. The van der Waals surface area contributed by atoms with Crippen molar-refractivity contribution in [2.45, 2.75) is 19.3 Å². The number of amides is 2. The van der Waals surface area contributed by atoms with Gasteiger partial charge < -0.3 is 14.2 Å². The van der Waals surface area contributed by atoms with E-state index in [2.05, 4.69) is 4.98 Å². The Bertz CT molecular complexity index is 1090. The standard InChI is InChI=1S/C24H23Cl2N3O3/c25-19-9-4-8-18(23(19)26)24(31)29-14-12-28(13-15-29)22(30)11-5-10-21-27-16-20(32-21)17-6-2-1-3-7-17/h1-4,6-9,16H,5,10-15H2. The molecule has 0 bridgehead atoms. The highest BCUT2D eigenvalue weighted by atomic mass is 35.5. The first-order chi connectivity index (χ1) is 15.5. The molecule has 0 atom stereocenters. The summed E-state index contributed by atoms with van der Waals surface area (Å²) < 4.78 is 5.80. The first-order valence-corrected chi connectivity index (χ1v) is 11.3. The van der Waals surface area contributed by atoms with Gasteiger partial charge in [-0.2, -0.15) is 0 Å². The predicted octanol–water partition coefficient (Wildman–Crippen LogP) is 4.96. The van der Waals surface area contributed by atoms with Gasteiger partial charge in [-0.15, -0.1) is 0 Å². The van der Waals surface area contributed by atoms with Gasteiger partial charge in [0, 0.05) is 44.6 Å². The Kier molecular flexibility index (Phi) is 7.12. The molecular weight excluding hydrogens is 449 g/mol. The zero-order valence-electron chi connectivity index (χ0n) is 17.5. The Morgan fingerprint density at radius 2 is 1.66 bits per heavy atom. The summed E-state index contributed by atoms with van der Waals surface area (Å²) in [6.07, 6.45) is 3.39. The van der Waals surface area contributed by atoms with Crippen LogP contribution >= 0.6 is 23.2 Å². The molecule has 8 heteroatoms. The highest BCUT2D eigenvalue weighted by molar-refractivity contribution is 6.43. The van der Waals surface area contributed by atoms with E-state index >= 15 is 0 Å². The number of benzene rings is 2. The van der Waals surface area contributed by atoms with Crippen LogP contribution in [-0.2, 0) is 11.2 Å². The van der Waals surface area contributed by atoms with E-state index in [1.54, 1.807) is 34.2 Å². The molecule has 0 N–H and O–H groups in total. The van der Waals surface area contributed by atoms with Crippen molar-refractivity contribution < 1.29 is 14.0 Å². The molecule has 1 aliphatic rings. The number of piperazine rings is 1. The van der Waals surface area contributed by atoms with Gasteiger partial charge in [-0.1, -0.05) is 59.6 Å². The Hall–Kier alpha value is -2.83. The second-order valence-electron chi connectivity index (χ2n) is 7.61. The zero-order valence-corrected chi connectivity index (χ0v) is 19.0. The molecule has 32 heavy (non-hydrogen) atoms. The second kappa shape index (κ2) is 10.2. The maximum Gasteiger partial charge on any atom is 0.255 e. The van der Waals surface area contributed by atoms with Crippen molar-refractivity contribution in [2.24, 2.45) is 0 Å². The van der Waals surface area contributed by atoms with Crippen LogP contribution in [-0.4, -0.2) is 52.8 Å². The number of aromatic nitrogens is 1. The lowest BCUT2D eigenvalue weighted by Gasteiger charge is -2.35. The molecule has 0 aliphatic carbocycles. The van der Waals surface area contributed by atoms with Crippen LogP contribution in [0.2, 0.25) is 10.0 Å². The number of nitrogens with zero attached hydrogens (tertiary/aromatic N) is 3. The topological polar surface area (TPSA) is 66.7 Å². The van der Waals surface area contributed by atoms with Crippen LogP contribution < -0.4 is 0 Å². The normalized spacial score (nSPS) is 13.9. The van der Waals surface area contributed by atoms with Crippen molar-refractivity contribution in [1.29, 1.82) is 0 Å². The molecule has 2 heterocycles. The minimum Gasteiger partial charge on any atom is -0.441 e. The van der Waals surface area contributed by atoms with E-state index in [1.807, 2.05) is 30.3 Å². The fourth-order valence-corrected chi connectivity index (χ4v) is 4.09. The van der Waals surface area contributed by atoms with Crippen molar-refractivity contribution in [2.75, 3.05) is 26.2 Å². The smallest absolute Gasteiger partial charge is 0.255 e. The number of oxazole rings is 1. The Labute approximate surface area is 196 Å². The number of carbonyl (C=O) groups is 2. The number of halogens is 2. The number of hydrogen-bond acceptors (Lipinski definition) is 4. The minimum absolute atomic E-state index is 0.0766. The summed E-state index contributed by atoms with van der Waals surface area (Å²) in [5.41, 5.74) is 1.37. The van der Waals surface area contributed by atoms with Crippen molar-refractivity contribution in [1.82, 2.24) is 14.8 Å². The summed E-state index contributed by atoms with van der Waals surface area (Å²) in [5.74, 6) is 1.27. The zero-order chi connectivity index (χ0) is 22.5. The largest absolute Gasteiger partial charge is 0.441 e. The summed E-state index contributed by atoms with van der Waals surface area (Å²) in [6.45, 7) is 1.93. The van der Waals surface area contributed by atoms with Gasteiger partial charge in [0.15, 0.2) is 11.7 Å². The average Bonchev–Trinajstić information content (AvgIpc) is 3.30. The van der Waals surface area contributed by atoms with E-state index in [-0.39, 0.29) is 16.8 Å². The van der Waals surface area contributed by atoms with Crippen molar-refractivity contribution >= 4 is 35.0 Å². The molecule has 0 radical (unpaired) electrons. The van der Waals surface area contributed by atoms with Crippen LogP contribution in [0.15, 0.2) is 59.1 Å². The van der Waals surface area contributed by atoms with E-state index in [1.165, 1.54) is 0 Å². The molecule has 166 valence electrons.